The number of aromatic nitrogens is 3. The second kappa shape index (κ2) is 7.36. The summed E-state index contributed by atoms with van der Waals surface area (Å²) in [6, 6.07) is 11.2. The molecule has 0 aliphatic carbocycles. The molecule has 24 heavy (non-hydrogen) atoms. The maximum absolute atomic E-state index is 11.1. The molecule has 2 heterocycles. The van der Waals surface area contributed by atoms with Crippen LogP contribution in [0.2, 0.25) is 0 Å². The number of pyridine rings is 1. The van der Waals surface area contributed by atoms with E-state index in [0.717, 1.165) is 11.2 Å². The number of hydrogen-bond donors (Lipinski definition) is 2. The van der Waals surface area contributed by atoms with Gasteiger partial charge in [0, 0.05) is 25.1 Å². The third kappa shape index (κ3) is 3.95. The SMILES string of the molecule is CNC(=O)CCOc1ccc(Nc2ccc3nccnc3n2)cc1. The minimum Gasteiger partial charge on any atom is -0.493 e. The lowest BCUT2D eigenvalue weighted by Crippen LogP contribution is -2.20. The van der Waals surface area contributed by atoms with Gasteiger partial charge in [-0.2, -0.15) is 0 Å². The second-order valence-electron chi connectivity index (χ2n) is 5.02. The minimum atomic E-state index is -0.0428. The Balaban J connectivity index is 1.61. The number of nitrogens with one attached hydrogen (secondary N) is 2. The quantitative estimate of drug-likeness (QED) is 0.723. The van der Waals surface area contributed by atoms with Crippen molar-refractivity contribution in [2.24, 2.45) is 0 Å². The molecule has 122 valence electrons. The monoisotopic (exact) mass is 323 g/mol. The lowest BCUT2D eigenvalue weighted by molar-refractivity contribution is -0.121. The van der Waals surface area contributed by atoms with E-state index in [4.69, 9.17) is 4.74 Å². The third-order valence-electron chi connectivity index (χ3n) is 3.34. The summed E-state index contributed by atoms with van der Waals surface area (Å²) in [6.45, 7) is 0.345. The van der Waals surface area contributed by atoms with Gasteiger partial charge in [0.25, 0.3) is 0 Å². The third-order valence-corrected chi connectivity index (χ3v) is 3.34. The predicted octanol–water partition coefficient (Wildman–Crippen LogP) is 2.28. The molecule has 3 aromatic rings. The van der Waals surface area contributed by atoms with E-state index in [1.54, 1.807) is 19.4 Å². The minimum absolute atomic E-state index is 0.0428. The van der Waals surface area contributed by atoms with Crippen molar-refractivity contribution in [1.82, 2.24) is 20.3 Å². The van der Waals surface area contributed by atoms with Crippen molar-refractivity contribution in [3.05, 3.63) is 48.8 Å². The highest BCUT2D eigenvalue weighted by Crippen LogP contribution is 2.20. The first-order valence-electron chi connectivity index (χ1n) is 7.53. The molecular formula is C17H17N5O2. The van der Waals surface area contributed by atoms with Gasteiger partial charge in [-0.05, 0) is 36.4 Å². The molecule has 0 saturated heterocycles. The molecule has 0 aliphatic rings. The van der Waals surface area contributed by atoms with E-state index >= 15 is 0 Å². The van der Waals surface area contributed by atoms with Crippen LogP contribution in [0.25, 0.3) is 11.2 Å². The van der Waals surface area contributed by atoms with E-state index in [-0.39, 0.29) is 5.91 Å². The summed E-state index contributed by atoms with van der Waals surface area (Å²) in [5, 5.41) is 5.76. The van der Waals surface area contributed by atoms with Crippen LogP contribution in [0.5, 0.6) is 5.75 Å². The van der Waals surface area contributed by atoms with Gasteiger partial charge in [-0.25, -0.2) is 9.97 Å². The normalized spacial score (nSPS) is 10.4. The van der Waals surface area contributed by atoms with Gasteiger partial charge in [-0.3, -0.25) is 9.78 Å². The van der Waals surface area contributed by atoms with Crippen LogP contribution in [-0.4, -0.2) is 34.5 Å². The molecular weight excluding hydrogens is 306 g/mol. The van der Waals surface area contributed by atoms with E-state index in [1.807, 2.05) is 36.4 Å². The molecule has 3 rings (SSSR count). The lowest BCUT2D eigenvalue weighted by atomic mass is 10.3. The first-order valence-corrected chi connectivity index (χ1v) is 7.53. The second-order valence-corrected chi connectivity index (χ2v) is 5.02. The molecule has 0 unspecified atom stereocenters. The zero-order valence-corrected chi connectivity index (χ0v) is 13.2. The molecule has 2 aromatic heterocycles. The molecule has 0 bridgehead atoms. The van der Waals surface area contributed by atoms with Crippen molar-refractivity contribution in [3.8, 4) is 5.75 Å². The Hall–Kier alpha value is -3.22. The molecule has 0 atom stereocenters. The van der Waals surface area contributed by atoms with Crippen molar-refractivity contribution in [2.75, 3.05) is 19.0 Å². The summed E-state index contributed by atoms with van der Waals surface area (Å²) in [4.78, 5) is 23.9. The van der Waals surface area contributed by atoms with Gasteiger partial charge in [0.1, 0.15) is 17.1 Å². The zero-order chi connectivity index (χ0) is 16.8. The van der Waals surface area contributed by atoms with E-state index < -0.39 is 0 Å². The first-order chi connectivity index (χ1) is 11.7. The number of fused-ring (bicyclic) bond motifs is 1. The fourth-order valence-electron chi connectivity index (χ4n) is 2.09. The van der Waals surface area contributed by atoms with E-state index in [1.165, 1.54) is 0 Å². The molecule has 1 amide bonds. The van der Waals surface area contributed by atoms with Crippen molar-refractivity contribution in [3.63, 3.8) is 0 Å². The van der Waals surface area contributed by atoms with Crippen LogP contribution in [0, 0.1) is 0 Å². The zero-order valence-electron chi connectivity index (χ0n) is 13.2. The Morgan fingerprint density at radius 1 is 1.08 bits per heavy atom. The van der Waals surface area contributed by atoms with Gasteiger partial charge in [-0.15, -0.1) is 0 Å². The Morgan fingerprint density at radius 2 is 1.88 bits per heavy atom. The van der Waals surface area contributed by atoms with E-state index in [2.05, 4.69) is 25.6 Å². The number of carbonyl (C=O) groups excluding carboxylic acids is 1. The number of nitrogens with zero attached hydrogens (tertiary/aromatic N) is 3. The number of ether oxygens (including phenoxy) is 1. The van der Waals surface area contributed by atoms with Crippen molar-refractivity contribution < 1.29 is 9.53 Å². The average Bonchev–Trinajstić information content (AvgIpc) is 2.63. The number of hydrogen-bond acceptors (Lipinski definition) is 6. The molecule has 1 aromatic carbocycles. The average molecular weight is 323 g/mol. The summed E-state index contributed by atoms with van der Waals surface area (Å²) < 4.78 is 5.52. The Labute approximate surface area is 139 Å². The summed E-state index contributed by atoms with van der Waals surface area (Å²) in [7, 11) is 1.61. The van der Waals surface area contributed by atoms with Gasteiger partial charge in [-0.1, -0.05) is 0 Å². The summed E-state index contributed by atoms with van der Waals surface area (Å²) in [5.41, 5.74) is 2.23. The summed E-state index contributed by atoms with van der Waals surface area (Å²) >= 11 is 0. The lowest BCUT2D eigenvalue weighted by Gasteiger charge is -2.08. The molecule has 0 fully saturated rings. The molecule has 7 nitrogen and oxygen atoms in total. The Morgan fingerprint density at radius 3 is 2.67 bits per heavy atom. The van der Waals surface area contributed by atoms with Crippen LogP contribution in [0.4, 0.5) is 11.5 Å². The fraction of sp³-hybridized carbons (Fsp3) is 0.176. The molecule has 0 saturated carbocycles. The number of rotatable bonds is 6. The van der Waals surface area contributed by atoms with Gasteiger partial charge < -0.3 is 15.4 Å². The molecule has 0 spiro atoms. The summed E-state index contributed by atoms with van der Waals surface area (Å²) in [5.74, 6) is 1.36. The van der Waals surface area contributed by atoms with Crippen LogP contribution >= 0.6 is 0 Å². The number of anilines is 2. The highest BCUT2D eigenvalue weighted by molar-refractivity contribution is 5.75. The Bertz CT molecular complexity index is 836. The van der Waals surface area contributed by atoms with E-state index in [9.17, 15) is 4.79 Å². The number of amides is 1. The van der Waals surface area contributed by atoms with Gasteiger partial charge in [0.2, 0.25) is 5.91 Å². The van der Waals surface area contributed by atoms with Crippen LogP contribution in [-0.2, 0) is 4.79 Å². The highest BCUT2D eigenvalue weighted by atomic mass is 16.5. The van der Waals surface area contributed by atoms with Crippen LogP contribution in [0.15, 0.2) is 48.8 Å². The number of benzene rings is 1. The topological polar surface area (TPSA) is 89.0 Å². The van der Waals surface area contributed by atoms with E-state index in [0.29, 0.717) is 30.2 Å². The first kappa shape index (κ1) is 15.7. The Kier molecular flexibility index (Phi) is 4.81. The predicted molar refractivity (Wildman–Crippen MR) is 91.2 cm³/mol. The van der Waals surface area contributed by atoms with Crippen LogP contribution < -0.4 is 15.4 Å². The molecule has 0 radical (unpaired) electrons. The maximum Gasteiger partial charge on any atom is 0.223 e. The standard InChI is InChI=1S/C17H17N5O2/c1-18-16(23)8-11-24-13-4-2-12(3-5-13)21-15-7-6-14-17(22-15)20-10-9-19-14/h2-7,9-10H,8,11H2,1H3,(H,18,23)(H,20,21,22). The largest absolute Gasteiger partial charge is 0.493 e. The van der Waals surface area contributed by atoms with Gasteiger partial charge in [0.15, 0.2) is 5.65 Å². The van der Waals surface area contributed by atoms with Crippen molar-refractivity contribution in [1.29, 1.82) is 0 Å². The van der Waals surface area contributed by atoms with Gasteiger partial charge >= 0.3 is 0 Å². The van der Waals surface area contributed by atoms with Crippen molar-refractivity contribution in [2.45, 2.75) is 6.42 Å². The molecule has 2 N–H and O–H groups in total. The van der Waals surface area contributed by atoms with Crippen molar-refractivity contribution >= 4 is 28.6 Å². The highest BCUT2D eigenvalue weighted by Gasteiger charge is 2.02. The van der Waals surface area contributed by atoms with Crippen LogP contribution in [0.1, 0.15) is 6.42 Å². The fourth-order valence-corrected chi connectivity index (χ4v) is 2.09. The van der Waals surface area contributed by atoms with Crippen LogP contribution in [0.3, 0.4) is 0 Å². The summed E-state index contributed by atoms with van der Waals surface area (Å²) in [6.07, 6.45) is 3.59. The van der Waals surface area contributed by atoms with Gasteiger partial charge in [0.05, 0.1) is 13.0 Å². The smallest absolute Gasteiger partial charge is 0.223 e. The molecule has 7 heteroatoms. The number of carbonyl (C=O) groups is 1. The molecule has 0 aliphatic heterocycles. The maximum atomic E-state index is 11.1.